The van der Waals surface area contributed by atoms with Crippen molar-refractivity contribution >= 4 is 34.9 Å². The number of morpholine rings is 1. The van der Waals surface area contributed by atoms with Gasteiger partial charge in [0.15, 0.2) is 5.11 Å². The Morgan fingerprint density at radius 3 is 2.44 bits per heavy atom. The lowest BCUT2D eigenvalue weighted by molar-refractivity contribution is 0.122. The molecule has 0 bridgehead atoms. The van der Waals surface area contributed by atoms with Crippen molar-refractivity contribution in [2.45, 2.75) is 57.3 Å². The molecule has 8 heteroatoms. The Morgan fingerprint density at radius 2 is 1.72 bits per heavy atom. The van der Waals surface area contributed by atoms with E-state index >= 15 is 0 Å². The molecule has 5 rings (SSSR count). The molecule has 0 amide bonds. The molecule has 0 radical (unpaired) electrons. The number of benzene rings is 1. The fourth-order valence-corrected chi connectivity index (χ4v) is 6.14. The highest BCUT2D eigenvalue weighted by Crippen LogP contribution is 2.39. The Kier molecular flexibility index (Phi) is 8.22. The van der Waals surface area contributed by atoms with Crippen LogP contribution in [0.15, 0.2) is 36.4 Å². The van der Waals surface area contributed by atoms with Crippen molar-refractivity contribution in [1.29, 1.82) is 0 Å². The monoisotopic (exact) mass is 508 g/mol. The number of nitrogens with one attached hydrogen (secondary N) is 2. The number of thiocarbonyl (C=S) groups is 1. The van der Waals surface area contributed by atoms with Crippen LogP contribution in [0.4, 0.5) is 17.6 Å². The first-order valence-corrected chi connectivity index (χ1v) is 14.1. The number of rotatable bonds is 6. The standard InChI is InChI=1S/C28H40N6OS/c1-22-9-8-14-34(20-22)25-19-24(33-15-17-35-18-16-33)30-26(31-25)32-27(36)29-21-28(12-6-3-7-13-28)23-10-4-2-5-11-23/h2,4-5,10-11,19,22H,3,6-9,12-18,20-21H2,1H3,(H2,29,30,31,32,36)/t22-/m1/s1. The van der Waals surface area contributed by atoms with Gasteiger partial charge in [0, 0.05) is 44.2 Å². The number of anilines is 3. The number of aromatic nitrogens is 2. The summed E-state index contributed by atoms with van der Waals surface area (Å²) in [7, 11) is 0. The first-order valence-electron chi connectivity index (χ1n) is 13.7. The van der Waals surface area contributed by atoms with Gasteiger partial charge in [-0.1, -0.05) is 56.5 Å². The van der Waals surface area contributed by atoms with Crippen molar-refractivity contribution < 1.29 is 4.74 Å². The van der Waals surface area contributed by atoms with Crippen molar-refractivity contribution in [2.24, 2.45) is 5.92 Å². The number of hydrogen-bond acceptors (Lipinski definition) is 6. The second-order valence-electron chi connectivity index (χ2n) is 10.7. The van der Waals surface area contributed by atoms with Crippen LogP contribution in [0.3, 0.4) is 0 Å². The summed E-state index contributed by atoms with van der Waals surface area (Å²) in [6, 6.07) is 13.1. The van der Waals surface area contributed by atoms with Gasteiger partial charge in [0.2, 0.25) is 5.95 Å². The molecular weight excluding hydrogens is 468 g/mol. The lowest BCUT2D eigenvalue weighted by Crippen LogP contribution is -2.44. The average molecular weight is 509 g/mol. The summed E-state index contributed by atoms with van der Waals surface area (Å²) < 4.78 is 5.57. The molecule has 3 aliphatic rings. The van der Waals surface area contributed by atoms with Gasteiger partial charge in [-0.2, -0.15) is 9.97 Å². The number of nitrogens with zero attached hydrogens (tertiary/aromatic N) is 4. The molecule has 2 aliphatic heterocycles. The molecule has 0 unspecified atom stereocenters. The average Bonchev–Trinajstić information content (AvgIpc) is 2.93. The zero-order valence-electron chi connectivity index (χ0n) is 21.5. The minimum atomic E-state index is 0.122. The van der Waals surface area contributed by atoms with Gasteiger partial charge in [-0.15, -0.1) is 0 Å². The summed E-state index contributed by atoms with van der Waals surface area (Å²) in [4.78, 5) is 14.5. The molecule has 2 saturated heterocycles. The van der Waals surface area contributed by atoms with E-state index in [1.165, 1.54) is 50.5 Å². The summed E-state index contributed by atoms with van der Waals surface area (Å²) in [6.45, 7) is 8.34. The van der Waals surface area contributed by atoms with E-state index in [0.717, 1.165) is 57.6 Å². The smallest absolute Gasteiger partial charge is 0.232 e. The minimum Gasteiger partial charge on any atom is -0.378 e. The number of ether oxygens (including phenoxy) is 1. The second-order valence-corrected chi connectivity index (χ2v) is 11.1. The number of hydrogen-bond donors (Lipinski definition) is 2. The van der Waals surface area contributed by atoms with Gasteiger partial charge in [-0.3, -0.25) is 0 Å². The molecule has 1 atom stereocenters. The summed E-state index contributed by atoms with van der Waals surface area (Å²) >= 11 is 5.77. The maximum absolute atomic E-state index is 5.77. The fourth-order valence-electron chi connectivity index (χ4n) is 5.97. The van der Waals surface area contributed by atoms with E-state index in [1.807, 2.05) is 0 Å². The van der Waals surface area contributed by atoms with Gasteiger partial charge in [0.25, 0.3) is 0 Å². The van der Waals surface area contributed by atoms with Gasteiger partial charge >= 0.3 is 0 Å². The predicted octanol–water partition coefficient (Wildman–Crippen LogP) is 4.74. The molecule has 3 fully saturated rings. The lowest BCUT2D eigenvalue weighted by Gasteiger charge is -2.38. The maximum atomic E-state index is 5.77. The van der Waals surface area contributed by atoms with E-state index in [1.54, 1.807) is 0 Å². The summed E-state index contributed by atoms with van der Waals surface area (Å²) in [5, 5.41) is 7.46. The van der Waals surface area contributed by atoms with Crippen molar-refractivity contribution in [3.05, 3.63) is 42.0 Å². The Hall–Kier alpha value is -2.45. The molecule has 194 valence electrons. The molecule has 3 heterocycles. The third-order valence-corrected chi connectivity index (χ3v) is 8.27. The Labute approximate surface area is 221 Å². The molecule has 2 aromatic rings. The first kappa shape index (κ1) is 25.2. The van der Waals surface area contributed by atoms with Gasteiger partial charge in [-0.05, 0) is 49.4 Å². The van der Waals surface area contributed by atoms with Crippen molar-refractivity contribution in [1.82, 2.24) is 15.3 Å². The van der Waals surface area contributed by atoms with E-state index in [2.05, 4.69) is 63.8 Å². The van der Waals surface area contributed by atoms with Crippen LogP contribution in [-0.4, -0.2) is 61.0 Å². The van der Waals surface area contributed by atoms with E-state index in [9.17, 15) is 0 Å². The van der Waals surface area contributed by atoms with Crippen LogP contribution >= 0.6 is 12.2 Å². The summed E-state index contributed by atoms with van der Waals surface area (Å²) in [5.74, 6) is 3.17. The predicted molar refractivity (Wildman–Crippen MR) is 151 cm³/mol. The maximum Gasteiger partial charge on any atom is 0.232 e. The molecule has 1 saturated carbocycles. The third kappa shape index (κ3) is 6.09. The highest BCUT2D eigenvalue weighted by Gasteiger charge is 2.34. The van der Waals surface area contributed by atoms with Crippen LogP contribution in [0.25, 0.3) is 0 Å². The van der Waals surface area contributed by atoms with E-state index in [4.69, 9.17) is 26.9 Å². The quantitative estimate of drug-likeness (QED) is 0.543. The molecule has 1 aromatic carbocycles. The molecule has 2 N–H and O–H groups in total. The zero-order valence-corrected chi connectivity index (χ0v) is 22.4. The van der Waals surface area contributed by atoms with Crippen molar-refractivity contribution in [3.63, 3.8) is 0 Å². The van der Waals surface area contributed by atoms with Crippen molar-refractivity contribution in [3.8, 4) is 0 Å². The van der Waals surface area contributed by atoms with Crippen molar-refractivity contribution in [2.75, 3.05) is 61.1 Å². The van der Waals surface area contributed by atoms with Crippen LogP contribution in [0, 0.1) is 5.92 Å². The van der Waals surface area contributed by atoms with E-state index in [0.29, 0.717) is 17.0 Å². The second kappa shape index (κ2) is 11.7. The summed E-state index contributed by atoms with van der Waals surface area (Å²) in [5.41, 5.74) is 1.53. The fraction of sp³-hybridized carbons (Fsp3) is 0.607. The van der Waals surface area contributed by atoms with Gasteiger partial charge < -0.3 is 25.2 Å². The van der Waals surface area contributed by atoms with Crippen LogP contribution in [-0.2, 0) is 10.2 Å². The van der Waals surface area contributed by atoms with Gasteiger partial charge in [-0.25, -0.2) is 0 Å². The Bertz CT molecular complexity index is 1010. The SMILES string of the molecule is C[C@@H]1CCCN(c2cc(N3CCOCC3)nc(NC(=S)NCC3(c4ccccc4)CCCCC3)n2)C1. The normalized spacial score (nSPS) is 22.2. The topological polar surface area (TPSA) is 65.6 Å². The van der Waals surface area contributed by atoms with Crippen LogP contribution in [0.2, 0.25) is 0 Å². The molecule has 1 aromatic heterocycles. The van der Waals surface area contributed by atoms with Gasteiger partial charge in [0.1, 0.15) is 11.6 Å². The van der Waals surface area contributed by atoms with Crippen LogP contribution in [0.1, 0.15) is 57.4 Å². The Balaban J connectivity index is 1.32. The summed E-state index contributed by atoms with van der Waals surface area (Å²) in [6.07, 6.45) is 8.69. The lowest BCUT2D eigenvalue weighted by atomic mass is 9.69. The highest BCUT2D eigenvalue weighted by molar-refractivity contribution is 7.80. The molecule has 1 aliphatic carbocycles. The van der Waals surface area contributed by atoms with E-state index < -0.39 is 0 Å². The van der Waals surface area contributed by atoms with Gasteiger partial charge in [0.05, 0.1) is 13.2 Å². The van der Waals surface area contributed by atoms with Crippen LogP contribution < -0.4 is 20.4 Å². The minimum absolute atomic E-state index is 0.122. The van der Waals surface area contributed by atoms with E-state index in [-0.39, 0.29) is 5.41 Å². The molecular formula is C28H40N6OS. The zero-order chi connectivity index (χ0) is 24.8. The molecule has 0 spiro atoms. The Morgan fingerprint density at radius 1 is 1.00 bits per heavy atom. The third-order valence-electron chi connectivity index (χ3n) is 8.02. The van der Waals surface area contributed by atoms with Crippen LogP contribution in [0.5, 0.6) is 0 Å². The molecule has 7 nitrogen and oxygen atoms in total. The largest absolute Gasteiger partial charge is 0.378 e. The number of piperidine rings is 1. The first-order chi connectivity index (χ1) is 17.6. The highest BCUT2D eigenvalue weighted by atomic mass is 32.1. The molecule has 36 heavy (non-hydrogen) atoms.